The minimum absolute atomic E-state index is 0.206. The number of nitrogens with zero attached hydrogens (tertiary/aromatic N) is 3. The Morgan fingerprint density at radius 1 is 1.35 bits per heavy atom. The van der Waals surface area contributed by atoms with Crippen LogP contribution in [0.15, 0.2) is 6.07 Å². The van der Waals surface area contributed by atoms with E-state index in [-0.39, 0.29) is 5.91 Å². The Balaban J connectivity index is 1.85. The van der Waals surface area contributed by atoms with Gasteiger partial charge in [-0.3, -0.25) is 4.79 Å². The highest BCUT2D eigenvalue weighted by Crippen LogP contribution is 2.12. The second-order valence-corrected chi connectivity index (χ2v) is 4.82. The number of anilines is 2. The van der Waals surface area contributed by atoms with Crippen molar-refractivity contribution < 1.29 is 4.79 Å². The number of likely N-dealkylation sites (tertiary alicyclic amines) is 1. The fourth-order valence-electron chi connectivity index (χ4n) is 2.24. The summed E-state index contributed by atoms with van der Waals surface area (Å²) in [6.07, 6.45) is 3.46. The van der Waals surface area contributed by atoms with Crippen molar-refractivity contribution in [2.45, 2.75) is 32.6 Å². The fraction of sp³-hybridized carbons (Fsp3) is 0.615. The average molecular weight is 278 g/mol. The summed E-state index contributed by atoms with van der Waals surface area (Å²) in [4.78, 5) is 22.4. The third kappa shape index (κ3) is 3.80. The highest BCUT2D eigenvalue weighted by atomic mass is 16.2. The predicted molar refractivity (Wildman–Crippen MR) is 78.1 cm³/mol. The summed E-state index contributed by atoms with van der Waals surface area (Å²) >= 11 is 0. The third-order valence-corrected chi connectivity index (χ3v) is 3.34. The van der Waals surface area contributed by atoms with Crippen LogP contribution in [0, 0.1) is 0 Å². The lowest BCUT2D eigenvalue weighted by Crippen LogP contribution is -2.29. The Bertz CT molecular complexity index is 436. The van der Waals surface area contributed by atoms with Gasteiger partial charge in [-0.15, -0.1) is 0 Å². The van der Waals surface area contributed by atoms with Crippen LogP contribution in [0.2, 0.25) is 0 Å². The van der Waals surface area contributed by atoms with Crippen molar-refractivity contribution in [3.8, 4) is 0 Å². The van der Waals surface area contributed by atoms with E-state index in [1.807, 2.05) is 11.8 Å². The smallest absolute Gasteiger partial charge is 0.224 e. The topological polar surface area (TPSA) is 96.2 Å². The summed E-state index contributed by atoms with van der Waals surface area (Å²) in [6.45, 7) is 4.34. The van der Waals surface area contributed by atoms with Gasteiger partial charge in [0.2, 0.25) is 5.91 Å². The number of nitrogens with two attached hydrogens (primary N) is 1. The molecular formula is C13H22N6O. The van der Waals surface area contributed by atoms with Gasteiger partial charge in [0.1, 0.15) is 17.5 Å². The normalized spacial score (nSPS) is 14.4. The van der Waals surface area contributed by atoms with Gasteiger partial charge in [0.25, 0.3) is 0 Å². The van der Waals surface area contributed by atoms with Crippen LogP contribution >= 0.6 is 0 Å². The number of carbonyl (C=O) groups excluding carboxylic acids is 1. The number of nitrogens with one attached hydrogen (secondary N) is 2. The Hall–Kier alpha value is -1.89. The second-order valence-electron chi connectivity index (χ2n) is 4.82. The zero-order valence-corrected chi connectivity index (χ0v) is 11.9. The molecule has 2 heterocycles. The average Bonchev–Trinajstić information content (AvgIpc) is 3.01. The molecule has 0 radical (unpaired) electrons. The summed E-state index contributed by atoms with van der Waals surface area (Å²) in [7, 11) is 0. The first kappa shape index (κ1) is 14.5. The molecule has 2 rings (SSSR count). The second kappa shape index (κ2) is 7.04. The van der Waals surface area contributed by atoms with E-state index in [0.717, 1.165) is 32.4 Å². The summed E-state index contributed by atoms with van der Waals surface area (Å²) in [5, 5.41) is 3.15. The minimum Gasteiger partial charge on any atom is -0.369 e. The van der Waals surface area contributed by atoms with Gasteiger partial charge in [-0.05, 0) is 12.8 Å². The molecule has 1 aromatic heterocycles. The van der Waals surface area contributed by atoms with Gasteiger partial charge in [-0.1, -0.05) is 6.92 Å². The van der Waals surface area contributed by atoms with Crippen molar-refractivity contribution in [3.63, 3.8) is 0 Å². The molecule has 110 valence electrons. The maximum Gasteiger partial charge on any atom is 0.224 e. The minimum atomic E-state index is 0.206. The van der Waals surface area contributed by atoms with E-state index in [1.54, 1.807) is 6.07 Å². The molecule has 1 aliphatic heterocycles. The fourth-order valence-corrected chi connectivity index (χ4v) is 2.24. The van der Waals surface area contributed by atoms with Crippen molar-refractivity contribution in [3.05, 3.63) is 11.9 Å². The third-order valence-electron chi connectivity index (χ3n) is 3.34. The molecule has 0 aromatic carbocycles. The summed E-state index contributed by atoms with van der Waals surface area (Å²) in [5.41, 5.74) is 2.52. The highest BCUT2D eigenvalue weighted by molar-refractivity contribution is 5.76. The first-order valence-electron chi connectivity index (χ1n) is 7.09. The highest BCUT2D eigenvalue weighted by Gasteiger charge is 2.17. The molecule has 1 saturated heterocycles. The van der Waals surface area contributed by atoms with Gasteiger partial charge in [-0.25, -0.2) is 15.8 Å². The number of amides is 1. The first-order chi connectivity index (χ1) is 9.72. The molecule has 1 fully saturated rings. The number of hydrogen-bond donors (Lipinski definition) is 3. The molecule has 4 N–H and O–H groups in total. The molecular weight excluding hydrogens is 256 g/mol. The predicted octanol–water partition coefficient (Wildman–Crippen LogP) is 0.749. The number of rotatable bonds is 6. The van der Waals surface area contributed by atoms with E-state index in [4.69, 9.17) is 5.84 Å². The first-order valence-corrected chi connectivity index (χ1v) is 7.09. The molecule has 0 saturated carbocycles. The number of aryl methyl sites for hydroxylation is 1. The number of nitrogen functional groups attached to an aromatic ring is 1. The van der Waals surface area contributed by atoms with Crippen molar-refractivity contribution >= 4 is 17.5 Å². The van der Waals surface area contributed by atoms with E-state index < -0.39 is 0 Å². The summed E-state index contributed by atoms with van der Waals surface area (Å²) < 4.78 is 0. The van der Waals surface area contributed by atoms with Gasteiger partial charge >= 0.3 is 0 Å². The van der Waals surface area contributed by atoms with Crippen LogP contribution in [-0.2, 0) is 11.2 Å². The lowest BCUT2D eigenvalue weighted by Gasteiger charge is -2.15. The van der Waals surface area contributed by atoms with Crippen LogP contribution in [0.25, 0.3) is 0 Å². The zero-order valence-electron chi connectivity index (χ0n) is 11.9. The molecule has 1 aliphatic rings. The van der Waals surface area contributed by atoms with Gasteiger partial charge < -0.3 is 15.6 Å². The molecule has 0 aliphatic carbocycles. The van der Waals surface area contributed by atoms with Crippen molar-refractivity contribution in [1.29, 1.82) is 0 Å². The van der Waals surface area contributed by atoms with Crippen molar-refractivity contribution in [2.75, 3.05) is 30.4 Å². The van der Waals surface area contributed by atoms with Crippen LogP contribution in [0.4, 0.5) is 11.6 Å². The Labute approximate surface area is 118 Å². The van der Waals surface area contributed by atoms with E-state index in [0.29, 0.717) is 30.4 Å². The molecule has 0 bridgehead atoms. The van der Waals surface area contributed by atoms with Crippen molar-refractivity contribution in [2.24, 2.45) is 5.84 Å². The lowest BCUT2D eigenvalue weighted by atomic mass is 10.3. The zero-order chi connectivity index (χ0) is 14.4. The molecule has 0 unspecified atom stereocenters. The molecule has 20 heavy (non-hydrogen) atoms. The van der Waals surface area contributed by atoms with Gasteiger partial charge in [-0.2, -0.15) is 0 Å². The van der Waals surface area contributed by atoms with E-state index in [2.05, 4.69) is 20.7 Å². The van der Waals surface area contributed by atoms with E-state index >= 15 is 0 Å². The van der Waals surface area contributed by atoms with E-state index in [1.165, 1.54) is 0 Å². The largest absolute Gasteiger partial charge is 0.369 e. The number of aromatic nitrogens is 2. The number of hydrogen-bond acceptors (Lipinski definition) is 6. The Morgan fingerprint density at radius 2 is 2.05 bits per heavy atom. The standard InChI is InChI=1S/C13H22N6O/c1-2-10-16-11(9-12(17-10)18-14)15-6-5-13(20)19-7-3-4-8-19/h9H,2-8,14H2,1H3,(H2,15,16,17,18). The van der Waals surface area contributed by atoms with Crippen LogP contribution in [0.3, 0.4) is 0 Å². The van der Waals surface area contributed by atoms with Gasteiger partial charge in [0.15, 0.2) is 0 Å². The summed E-state index contributed by atoms with van der Waals surface area (Å²) in [6, 6.07) is 1.74. The Kier molecular flexibility index (Phi) is 5.11. The number of hydrazine groups is 1. The van der Waals surface area contributed by atoms with Crippen LogP contribution < -0.4 is 16.6 Å². The maximum atomic E-state index is 11.9. The van der Waals surface area contributed by atoms with Crippen LogP contribution in [0.5, 0.6) is 0 Å². The quantitative estimate of drug-likeness (QED) is 0.525. The van der Waals surface area contributed by atoms with Gasteiger partial charge in [0.05, 0.1) is 0 Å². The molecule has 7 nitrogen and oxygen atoms in total. The molecule has 0 atom stereocenters. The van der Waals surface area contributed by atoms with Gasteiger partial charge in [0, 0.05) is 38.5 Å². The monoisotopic (exact) mass is 278 g/mol. The molecule has 0 spiro atoms. The molecule has 1 aromatic rings. The Morgan fingerprint density at radius 3 is 2.70 bits per heavy atom. The van der Waals surface area contributed by atoms with Crippen molar-refractivity contribution in [1.82, 2.24) is 14.9 Å². The van der Waals surface area contributed by atoms with Crippen LogP contribution in [-0.4, -0.2) is 40.4 Å². The lowest BCUT2D eigenvalue weighted by molar-refractivity contribution is -0.129. The summed E-state index contributed by atoms with van der Waals surface area (Å²) in [5.74, 6) is 7.56. The maximum absolute atomic E-state index is 11.9. The van der Waals surface area contributed by atoms with Crippen LogP contribution in [0.1, 0.15) is 32.0 Å². The SMILES string of the molecule is CCc1nc(NN)cc(NCCC(=O)N2CCCC2)n1. The molecule has 7 heteroatoms. The number of carbonyl (C=O) groups is 1. The molecule has 1 amide bonds. The van der Waals surface area contributed by atoms with E-state index in [9.17, 15) is 4.79 Å².